The van der Waals surface area contributed by atoms with Crippen LogP contribution in [0.5, 0.6) is 0 Å². The van der Waals surface area contributed by atoms with Gasteiger partial charge in [-0.2, -0.15) is 0 Å². The number of aryl methyl sites for hydroxylation is 1. The summed E-state index contributed by atoms with van der Waals surface area (Å²) in [5.74, 6) is 0.751. The first kappa shape index (κ1) is 24.0. The van der Waals surface area contributed by atoms with Crippen LogP contribution < -0.4 is 0 Å². The normalized spacial score (nSPS) is 29.5. The summed E-state index contributed by atoms with van der Waals surface area (Å²) in [6, 6.07) is 10.2. The molecule has 0 bridgehead atoms. The fourth-order valence-electron chi connectivity index (χ4n) is 5.07. The first-order chi connectivity index (χ1) is 15.1. The standard InChI is InChI=1S/C26H38O5/c1-30-26(29)12-5-9-20-14-16-23-22(24(28)17-25(23)31-18-20)11-6-10-21(27)15-13-19-7-3-2-4-8-19/h2-4,6-8,11,20-25,27-28H,5,9-10,12-18H2,1H3/b11-6+/t20-,21?,22+,23+,24+,25-/m0/s1. The van der Waals surface area contributed by atoms with Gasteiger partial charge in [-0.15, -0.1) is 0 Å². The predicted octanol–water partition coefficient (Wildman–Crippen LogP) is 4.06. The van der Waals surface area contributed by atoms with E-state index >= 15 is 0 Å². The van der Waals surface area contributed by atoms with Crippen molar-refractivity contribution in [1.29, 1.82) is 0 Å². The molecule has 2 N–H and O–H groups in total. The van der Waals surface area contributed by atoms with Crippen molar-refractivity contribution in [1.82, 2.24) is 0 Å². The monoisotopic (exact) mass is 430 g/mol. The van der Waals surface area contributed by atoms with Gasteiger partial charge in [0.25, 0.3) is 0 Å². The minimum Gasteiger partial charge on any atom is -0.469 e. The van der Waals surface area contributed by atoms with E-state index in [0.717, 1.165) is 38.5 Å². The number of carbonyl (C=O) groups is 1. The second-order valence-corrected chi connectivity index (χ2v) is 9.17. The second kappa shape index (κ2) is 12.4. The summed E-state index contributed by atoms with van der Waals surface area (Å²) in [7, 11) is 1.43. The highest BCUT2D eigenvalue weighted by Gasteiger charge is 2.43. The maximum Gasteiger partial charge on any atom is 0.305 e. The molecule has 2 fully saturated rings. The third kappa shape index (κ3) is 7.44. The number of methoxy groups -OCH3 is 1. The van der Waals surface area contributed by atoms with Crippen molar-refractivity contribution >= 4 is 5.97 Å². The minimum absolute atomic E-state index is 0.0974. The van der Waals surface area contributed by atoms with E-state index in [9.17, 15) is 15.0 Å². The number of ether oxygens (including phenoxy) is 2. The van der Waals surface area contributed by atoms with Gasteiger partial charge in [0.2, 0.25) is 0 Å². The molecular weight excluding hydrogens is 392 g/mol. The second-order valence-electron chi connectivity index (χ2n) is 9.17. The van der Waals surface area contributed by atoms with E-state index in [1.807, 2.05) is 24.3 Å². The Morgan fingerprint density at radius 2 is 2.10 bits per heavy atom. The van der Waals surface area contributed by atoms with Crippen LogP contribution in [-0.4, -0.2) is 48.2 Å². The van der Waals surface area contributed by atoms with Gasteiger partial charge >= 0.3 is 5.97 Å². The Labute approximate surface area is 186 Å². The highest BCUT2D eigenvalue weighted by atomic mass is 16.5. The molecule has 1 unspecified atom stereocenters. The number of benzene rings is 1. The van der Waals surface area contributed by atoms with Gasteiger partial charge < -0.3 is 19.7 Å². The van der Waals surface area contributed by atoms with Gasteiger partial charge in [0.05, 0.1) is 25.4 Å². The largest absolute Gasteiger partial charge is 0.469 e. The van der Waals surface area contributed by atoms with E-state index in [4.69, 9.17) is 9.47 Å². The molecule has 5 nitrogen and oxygen atoms in total. The Bertz CT molecular complexity index is 688. The smallest absolute Gasteiger partial charge is 0.305 e. The number of aliphatic hydroxyl groups is 2. The summed E-state index contributed by atoms with van der Waals surface area (Å²) in [6.07, 6.45) is 10.8. The molecule has 1 aliphatic heterocycles. The Hall–Kier alpha value is -1.69. The summed E-state index contributed by atoms with van der Waals surface area (Å²) in [4.78, 5) is 11.3. The van der Waals surface area contributed by atoms with Gasteiger partial charge in [0.1, 0.15) is 0 Å². The molecule has 1 saturated heterocycles. The summed E-state index contributed by atoms with van der Waals surface area (Å²) in [5.41, 5.74) is 1.25. The fraction of sp³-hybridized carbons (Fsp3) is 0.654. The molecule has 172 valence electrons. The van der Waals surface area contributed by atoms with E-state index in [-0.39, 0.29) is 30.2 Å². The summed E-state index contributed by atoms with van der Waals surface area (Å²) in [6.45, 7) is 0.712. The molecule has 1 aliphatic carbocycles. The molecule has 3 rings (SSSR count). The average molecular weight is 431 g/mol. The lowest BCUT2D eigenvalue weighted by atomic mass is 9.86. The molecule has 0 spiro atoms. The van der Waals surface area contributed by atoms with Crippen LogP contribution in [0.15, 0.2) is 42.5 Å². The van der Waals surface area contributed by atoms with E-state index in [0.29, 0.717) is 37.7 Å². The number of rotatable bonds is 10. The summed E-state index contributed by atoms with van der Waals surface area (Å²) < 4.78 is 10.9. The zero-order chi connectivity index (χ0) is 22.1. The van der Waals surface area contributed by atoms with Gasteiger partial charge in [-0.25, -0.2) is 0 Å². The van der Waals surface area contributed by atoms with Crippen LogP contribution in [0.2, 0.25) is 0 Å². The molecule has 1 saturated carbocycles. The van der Waals surface area contributed by atoms with Gasteiger partial charge in [-0.1, -0.05) is 42.5 Å². The lowest BCUT2D eigenvalue weighted by Crippen LogP contribution is -2.21. The van der Waals surface area contributed by atoms with Crippen LogP contribution in [0.4, 0.5) is 0 Å². The Kier molecular flexibility index (Phi) is 9.56. The zero-order valence-corrected chi connectivity index (χ0v) is 18.7. The van der Waals surface area contributed by atoms with E-state index in [1.165, 1.54) is 12.7 Å². The van der Waals surface area contributed by atoms with Crippen molar-refractivity contribution in [2.45, 2.75) is 76.1 Å². The number of hydrogen-bond donors (Lipinski definition) is 2. The number of aliphatic hydroxyl groups excluding tert-OH is 2. The van der Waals surface area contributed by atoms with Crippen molar-refractivity contribution in [3.63, 3.8) is 0 Å². The predicted molar refractivity (Wildman–Crippen MR) is 120 cm³/mol. The van der Waals surface area contributed by atoms with Crippen molar-refractivity contribution < 1.29 is 24.5 Å². The average Bonchev–Trinajstić information content (AvgIpc) is 2.94. The van der Waals surface area contributed by atoms with Gasteiger partial charge in [-0.05, 0) is 62.3 Å². The van der Waals surface area contributed by atoms with Crippen LogP contribution in [-0.2, 0) is 20.7 Å². The first-order valence-corrected chi connectivity index (χ1v) is 11.8. The summed E-state index contributed by atoms with van der Waals surface area (Å²) in [5, 5.41) is 20.9. The molecule has 1 heterocycles. The molecular formula is C26H38O5. The molecule has 6 atom stereocenters. The molecule has 31 heavy (non-hydrogen) atoms. The minimum atomic E-state index is -0.372. The van der Waals surface area contributed by atoms with Crippen molar-refractivity contribution in [3.05, 3.63) is 48.0 Å². The number of fused-ring (bicyclic) bond motifs is 1. The van der Waals surface area contributed by atoms with Crippen molar-refractivity contribution in [2.75, 3.05) is 13.7 Å². The SMILES string of the molecule is COC(=O)CCC[C@H]1CC[C@@H]2[C@@H](/C=C/CC(O)CCc3ccccc3)[C@H](O)C[C@@H]2OC1. The topological polar surface area (TPSA) is 76.0 Å². The maximum atomic E-state index is 11.3. The number of esters is 1. The summed E-state index contributed by atoms with van der Waals surface area (Å²) >= 11 is 0. The molecule has 0 radical (unpaired) electrons. The van der Waals surface area contributed by atoms with Gasteiger partial charge in [-0.3, -0.25) is 4.79 Å². The molecule has 0 aromatic heterocycles. The van der Waals surface area contributed by atoms with E-state index < -0.39 is 0 Å². The molecule has 5 heteroatoms. The lowest BCUT2D eigenvalue weighted by molar-refractivity contribution is -0.140. The highest BCUT2D eigenvalue weighted by Crippen LogP contribution is 2.42. The van der Waals surface area contributed by atoms with Crippen LogP contribution >= 0.6 is 0 Å². The Morgan fingerprint density at radius 3 is 2.87 bits per heavy atom. The van der Waals surface area contributed by atoms with Gasteiger partial charge in [0.15, 0.2) is 0 Å². The third-order valence-electron chi connectivity index (χ3n) is 6.94. The fourth-order valence-corrected chi connectivity index (χ4v) is 5.07. The number of hydrogen-bond acceptors (Lipinski definition) is 5. The highest BCUT2D eigenvalue weighted by molar-refractivity contribution is 5.68. The third-order valence-corrected chi connectivity index (χ3v) is 6.94. The van der Waals surface area contributed by atoms with E-state index in [2.05, 4.69) is 18.2 Å². The van der Waals surface area contributed by atoms with Crippen LogP contribution in [0.25, 0.3) is 0 Å². The van der Waals surface area contributed by atoms with Crippen LogP contribution in [0.1, 0.15) is 56.9 Å². The molecule has 2 aliphatic rings. The zero-order valence-electron chi connectivity index (χ0n) is 18.7. The quantitative estimate of drug-likeness (QED) is 0.432. The van der Waals surface area contributed by atoms with E-state index in [1.54, 1.807) is 0 Å². The number of carbonyl (C=O) groups excluding carboxylic acids is 1. The Balaban J connectivity index is 1.43. The van der Waals surface area contributed by atoms with Gasteiger partial charge in [0, 0.05) is 25.4 Å². The van der Waals surface area contributed by atoms with Crippen LogP contribution in [0.3, 0.4) is 0 Å². The van der Waals surface area contributed by atoms with Crippen molar-refractivity contribution in [3.8, 4) is 0 Å². The maximum absolute atomic E-state index is 11.3. The first-order valence-electron chi connectivity index (χ1n) is 11.8. The molecule has 1 aromatic rings. The van der Waals surface area contributed by atoms with Crippen LogP contribution in [0, 0.1) is 17.8 Å². The van der Waals surface area contributed by atoms with Crippen molar-refractivity contribution in [2.24, 2.45) is 17.8 Å². The lowest BCUT2D eigenvalue weighted by Gasteiger charge is -2.21. The Morgan fingerprint density at radius 1 is 1.29 bits per heavy atom. The molecule has 0 amide bonds. The molecule has 1 aromatic carbocycles.